The molecule has 18 rings (SSSR count). The number of likely N-dealkylation sites (N-methyl/N-ethyl adjacent to an activating group) is 2. The molecule has 4 N–H and O–H groups in total. The molecule has 0 atom stereocenters. The van der Waals surface area contributed by atoms with Crippen molar-refractivity contribution in [3.05, 3.63) is 210 Å². The summed E-state index contributed by atoms with van der Waals surface area (Å²) in [5, 5.41) is 13.2. The van der Waals surface area contributed by atoms with Gasteiger partial charge in [-0.05, 0) is 218 Å². The van der Waals surface area contributed by atoms with E-state index in [-0.39, 0.29) is 57.1 Å². The van der Waals surface area contributed by atoms with Gasteiger partial charge in [-0.3, -0.25) is 28.8 Å². The van der Waals surface area contributed by atoms with Crippen molar-refractivity contribution in [1.82, 2.24) is 9.80 Å². The zero-order valence-electron chi connectivity index (χ0n) is 63.3. The van der Waals surface area contributed by atoms with Crippen molar-refractivity contribution < 1.29 is 28.8 Å². The first-order valence-corrected chi connectivity index (χ1v) is 39.9. The van der Waals surface area contributed by atoms with Gasteiger partial charge in [-0.25, -0.2) is 0 Å². The molecule has 24 heteroatoms. The van der Waals surface area contributed by atoms with E-state index in [1.54, 1.807) is 26.2 Å². The molecular formula is C82H100Cl12N6O6. The van der Waals surface area contributed by atoms with Crippen molar-refractivity contribution in [3.8, 4) is 0 Å². The molecule has 2 saturated carbocycles. The molecule has 578 valence electrons. The summed E-state index contributed by atoms with van der Waals surface area (Å²) in [6.45, 7) is 36.9. The smallest absolute Gasteiger partial charge is 0.255 e. The van der Waals surface area contributed by atoms with Gasteiger partial charge in [0.25, 0.3) is 23.6 Å². The van der Waals surface area contributed by atoms with Crippen molar-refractivity contribution in [2.75, 3.05) is 48.5 Å². The third-order valence-corrected chi connectivity index (χ3v) is 19.2. The largest absolute Gasteiger partial charge is 0.340 e. The number of nitrogens with one attached hydrogen (secondary N) is 4. The Morgan fingerprint density at radius 3 is 0.708 bits per heavy atom. The second-order valence-electron chi connectivity index (χ2n) is 29.1. The summed E-state index contributed by atoms with van der Waals surface area (Å²) in [4.78, 5) is 83.4. The van der Waals surface area contributed by atoms with Gasteiger partial charge in [-0.1, -0.05) is 281 Å². The Kier molecular flexibility index (Phi) is 37.0. The van der Waals surface area contributed by atoms with E-state index in [0.29, 0.717) is 35.3 Å². The number of hydrogen-bond acceptors (Lipinski definition) is 6. The molecule has 12 bridgehead atoms. The van der Waals surface area contributed by atoms with E-state index in [2.05, 4.69) is 180 Å². The minimum Gasteiger partial charge on any atom is -0.340 e. The molecule has 0 unspecified atom stereocenters. The van der Waals surface area contributed by atoms with Crippen LogP contribution in [0.5, 0.6) is 0 Å². The van der Waals surface area contributed by atoms with Crippen LogP contribution < -0.4 is 21.3 Å². The molecule has 12 aliphatic rings. The van der Waals surface area contributed by atoms with E-state index >= 15 is 0 Å². The van der Waals surface area contributed by atoms with Crippen LogP contribution in [0.2, 0.25) is 0 Å². The van der Waals surface area contributed by atoms with E-state index in [4.69, 9.17) is 139 Å². The number of nitrogens with zero attached hydrogens (tertiary/aromatic N) is 2. The summed E-state index contributed by atoms with van der Waals surface area (Å²) in [5.41, 5.74) is 18.0. The highest BCUT2D eigenvalue weighted by molar-refractivity contribution is 6.64. The highest BCUT2D eigenvalue weighted by atomic mass is 35.6. The first-order chi connectivity index (χ1) is 49.2. The van der Waals surface area contributed by atoms with Gasteiger partial charge in [0, 0.05) is 83.0 Å². The van der Waals surface area contributed by atoms with Crippen LogP contribution in [0.1, 0.15) is 225 Å². The first kappa shape index (κ1) is 93.5. The van der Waals surface area contributed by atoms with Crippen LogP contribution in [-0.4, -0.2) is 89.6 Å². The Labute approximate surface area is 688 Å². The number of carbonyl (C=O) groups is 6. The third-order valence-electron chi connectivity index (χ3n) is 19.2. The van der Waals surface area contributed by atoms with Crippen molar-refractivity contribution in [3.63, 3.8) is 0 Å². The molecule has 0 aromatic heterocycles. The topological polar surface area (TPSA) is 157 Å². The zero-order valence-corrected chi connectivity index (χ0v) is 72.4. The summed E-state index contributed by atoms with van der Waals surface area (Å²) in [7, 11) is 3.33. The quantitative estimate of drug-likeness (QED) is 0.0994. The van der Waals surface area contributed by atoms with E-state index in [9.17, 15) is 28.8 Å². The van der Waals surface area contributed by atoms with Gasteiger partial charge in [-0.15, -0.1) is 0 Å². The maximum atomic E-state index is 14.6. The number of anilines is 4. The molecule has 10 heterocycles. The molecule has 10 aliphatic heterocycles. The number of aryl methyl sites for hydroxylation is 8. The predicted octanol–water partition coefficient (Wildman–Crippen LogP) is 24.8. The Morgan fingerprint density at radius 1 is 0.368 bits per heavy atom. The highest BCUT2D eigenvalue weighted by Crippen LogP contribution is 2.50. The lowest BCUT2D eigenvalue weighted by Crippen LogP contribution is -2.35. The van der Waals surface area contributed by atoms with Gasteiger partial charge < -0.3 is 31.1 Å². The highest BCUT2D eigenvalue weighted by Gasteiger charge is 2.39. The van der Waals surface area contributed by atoms with Gasteiger partial charge >= 0.3 is 0 Å². The predicted molar refractivity (Wildman–Crippen MR) is 455 cm³/mol. The molecule has 0 radical (unpaired) electrons. The lowest BCUT2D eigenvalue weighted by molar-refractivity contribution is -0.128. The standard InChI is InChI=1S/C68H80N4O4.C10H16N2O2.4CHCl3/c1-39-25-53-26-40(2)57(39)69-61(73)47-33-48(36-51(35-47)65(9,10)11)62(74)71-59-43(5)29-55(30-44(59)6)68(23-19-16-20-24-68)56-31-45(7)60(46(8)32-56)72-64(76)50-34-49(37-52(38-50)66(12,13)14)63(75)70-58-41(3)27-54(28-42(58)4)67(53)21-17-15-18-22-67;1-5-9(13)11(3)7-8-12(4)10(14)6-2;4*2-1(3)4/h25-38H,15-24H2,1-14H3,(H,69,73)(H,70,75)(H,71,74)(H,72,76);5-6H,1-2,7-8H2,3-4H3;4*1H. The maximum Gasteiger partial charge on any atom is 0.255 e. The van der Waals surface area contributed by atoms with Gasteiger partial charge in [0.2, 0.25) is 11.8 Å². The Morgan fingerprint density at radius 2 is 0.547 bits per heavy atom. The van der Waals surface area contributed by atoms with Crippen molar-refractivity contribution in [2.45, 2.75) is 200 Å². The minimum absolute atomic E-state index is 0.149. The normalized spacial score (nSPS) is 14.8. The van der Waals surface area contributed by atoms with Crippen molar-refractivity contribution in [2.24, 2.45) is 0 Å². The number of benzene rings is 6. The van der Waals surface area contributed by atoms with Gasteiger partial charge in [0.05, 0.1) is 0 Å². The summed E-state index contributed by atoms with van der Waals surface area (Å²) in [6.07, 6.45) is 13.1. The third kappa shape index (κ3) is 27.0. The molecule has 6 aromatic rings. The molecular weight excluding hydrogens is 1590 g/mol. The Balaban J connectivity index is 0.000000667. The molecule has 2 fully saturated rings. The first-order valence-electron chi connectivity index (χ1n) is 34.7. The van der Waals surface area contributed by atoms with Crippen LogP contribution in [0.25, 0.3) is 0 Å². The van der Waals surface area contributed by atoms with Gasteiger partial charge in [-0.2, -0.15) is 0 Å². The lowest BCUT2D eigenvalue weighted by atomic mass is 9.64. The number of hydrogen-bond donors (Lipinski definition) is 4. The van der Waals surface area contributed by atoms with Crippen LogP contribution in [0.15, 0.2) is 110 Å². The lowest BCUT2D eigenvalue weighted by Gasteiger charge is -2.40. The molecule has 6 amide bonds. The summed E-state index contributed by atoms with van der Waals surface area (Å²) < 4.78 is -3.00. The summed E-state index contributed by atoms with van der Waals surface area (Å²) in [6, 6.07) is 29.1. The zero-order chi connectivity index (χ0) is 80.3. The van der Waals surface area contributed by atoms with Crippen LogP contribution >= 0.6 is 139 Å². The second-order valence-corrected chi connectivity index (χ2v) is 37.0. The van der Waals surface area contributed by atoms with Crippen LogP contribution in [0, 0.1) is 55.4 Å². The Bertz CT molecular complexity index is 3550. The molecule has 2 spiro atoms. The number of halogens is 12. The fourth-order valence-corrected chi connectivity index (χ4v) is 13.8. The molecule has 6 aromatic carbocycles. The van der Waals surface area contributed by atoms with Crippen LogP contribution in [0.4, 0.5) is 22.7 Å². The number of carbonyl (C=O) groups excluding carboxylic acids is 6. The molecule has 2 aliphatic carbocycles. The molecule has 106 heavy (non-hydrogen) atoms. The van der Waals surface area contributed by atoms with E-state index < -0.39 is 17.2 Å². The van der Waals surface area contributed by atoms with Gasteiger partial charge in [0.15, 0.2) is 17.2 Å². The van der Waals surface area contributed by atoms with Crippen LogP contribution in [0.3, 0.4) is 0 Å². The van der Waals surface area contributed by atoms with E-state index in [1.165, 1.54) is 57.0 Å². The molecule has 0 saturated heterocycles. The van der Waals surface area contributed by atoms with Crippen molar-refractivity contribution >= 4 is 197 Å². The summed E-state index contributed by atoms with van der Waals surface area (Å²) >= 11 is 57.7. The average molecular weight is 1690 g/mol. The summed E-state index contributed by atoms with van der Waals surface area (Å²) in [5.74, 6) is -1.36. The monoisotopic (exact) mass is 1680 g/mol. The number of alkyl halides is 12. The van der Waals surface area contributed by atoms with Gasteiger partial charge in [0.1, 0.15) is 0 Å². The SMILES string of the molecule is C=CC(=O)N(C)CCN(C)C(=O)C=C.Cc1cc2cc(C)c1NC(=O)c1cc(cc(C(C)(C)C)c1)C(=O)Nc1c(C)cc(cc1C)C1(CCCCC1)c1cc(C)c(c(C)c1)NC(=O)c1cc(cc(C(C)(C)C)c1)C(=O)Nc1c(C)cc(cc1C)C21CCCCC1.ClC(Cl)Cl.ClC(Cl)Cl.ClC(Cl)Cl.ClC(Cl)Cl. The number of rotatable bonds is 5. The fourth-order valence-electron chi connectivity index (χ4n) is 13.8. The van der Waals surface area contributed by atoms with Crippen LogP contribution in [-0.2, 0) is 31.2 Å². The second kappa shape index (κ2) is 41.9. The van der Waals surface area contributed by atoms with Crippen molar-refractivity contribution in [1.29, 1.82) is 0 Å². The van der Waals surface area contributed by atoms with E-state index in [1.807, 2.05) is 24.3 Å². The number of amides is 6. The van der Waals surface area contributed by atoms with E-state index in [0.717, 1.165) is 130 Å². The molecule has 12 nitrogen and oxygen atoms in total. The maximum absolute atomic E-state index is 14.6. The Hall–Kier alpha value is -4.90. The fraction of sp³-hybridized carbons (Fsp3) is 0.439. The average Bonchev–Trinajstić information content (AvgIpc) is 0.756. The minimum atomic E-state index is -0.750.